The van der Waals surface area contributed by atoms with Gasteiger partial charge in [0.1, 0.15) is 11.8 Å². The van der Waals surface area contributed by atoms with Gasteiger partial charge in [-0.25, -0.2) is 9.48 Å². The summed E-state index contributed by atoms with van der Waals surface area (Å²) in [4.78, 5) is 13.9. The van der Waals surface area contributed by atoms with Gasteiger partial charge in [0.15, 0.2) is 8.32 Å². The predicted octanol–water partition coefficient (Wildman–Crippen LogP) is 7.18. The predicted molar refractivity (Wildman–Crippen MR) is 170 cm³/mol. The number of rotatable bonds is 10. The summed E-state index contributed by atoms with van der Waals surface area (Å²) in [7, 11) is -0.166. The van der Waals surface area contributed by atoms with Gasteiger partial charge in [-0.05, 0) is 101 Å². The minimum absolute atomic E-state index is 0.00611. The molecule has 0 radical (unpaired) electrons. The maximum Gasteiger partial charge on any atom is 0.410 e. The van der Waals surface area contributed by atoms with E-state index in [9.17, 15) is 4.79 Å². The molecule has 9 heteroatoms. The monoisotopic (exact) mass is 590 g/mol. The summed E-state index contributed by atoms with van der Waals surface area (Å²) in [6.07, 6.45) is 10.6. The Bertz CT molecular complexity index is 1050. The van der Waals surface area contributed by atoms with E-state index in [0.29, 0.717) is 13.1 Å². The minimum Gasteiger partial charge on any atom is -0.444 e. The molecule has 1 N–H and O–H groups in total. The first-order chi connectivity index (χ1) is 18.9. The molecule has 3 rings (SSSR count). The van der Waals surface area contributed by atoms with Crippen LogP contribution >= 0.6 is 0 Å². The van der Waals surface area contributed by atoms with Gasteiger partial charge in [-0.2, -0.15) is 5.10 Å². The lowest BCUT2D eigenvalue weighted by molar-refractivity contribution is -0.0395. The van der Waals surface area contributed by atoms with Gasteiger partial charge in [0, 0.05) is 32.9 Å². The molecule has 0 saturated carbocycles. The van der Waals surface area contributed by atoms with E-state index in [1.54, 1.807) is 11.9 Å². The maximum atomic E-state index is 12.3. The molecule has 1 unspecified atom stereocenters. The highest BCUT2D eigenvalue weighted by Gasteiger charge is 2.43. The van der Waals surface area contributed by atoms with Crippen molar-refractivity contribution >= 4 is 20.0 Å². The summed E-state index contributed by atoms with van der Waals surface area (Å²) >= 11 is 0. The number of nitrogens with one attached hydrogen (secondary N) is 1. The van der Waals surface area contributed by atoms with E-state index in [1.165, 1.54) is 17.6 Å². The van der Waals surface area contributed by atoms with Crippen LogP contribution in [0.4, 0.5) is 4.79 Å². The number of carbonyl (C=O) groups is 1. The molecule has 2 heterocycles. The summed E-state index contributed by atoms with van der Waals surface area (Å²) in [6.45, 7) is 24.8. The number of amides is 1. The fourth-order valence-electron chi connectivity index (χ4n) is 4.96. The molecule has 1 aromatic heterocycles. The quantitative estimate of drug-likeness (QED) is 0.230. The molecule has 2 atom stereocenters. The van der Waals surface area contributed by atoms with Crippen LogP contribution in [0, 0.1) is 5.41 Å². The van der Waals surface area contributed by atoms with Crippen molar-refractivity contribution in [1.82, 2.24) is 20.0 Å². The number of hydrogen-bond donors (Lipinski definition) is 1. The summed E-state index contributed by atoms with van der Waals surface area (Å²) in [6, 6.07) is 0. The molecule has 1 fully saturated rings. The molecule has 1 aliphatic carbocycles. The van der Waals surface area contributed by atoms with E-state index in [1.807, 2.05) is 20.8 Å². The molecule has 1 saturated heterocycles. The minimum atomic E-state index is -1.95. The lowest BCUT2D eigenvalue weighted by Gasteiger charge is -2.45. The van der Waals surface area contributed by atoms with Crippen molar-refractivity contribution in [1.29, 1.82) is 0 Å². The van der Waals surface area contributed by atoms with Crippen molar-refractivity contribution in [3.8, 4) is 0 Å². The SMILES string of the molecule is CN(CCNCCc1cn(C2CCCCO2)nc1C1=C[C@@H](O[Si](C)(C)C(C)(C)C)C(C)(C)CC1)C(=O)OC(C)(C)C. The first-order valence-corrected chi connectivity index (χ1v) is 18.5. The topological polar surface area (TPSA) is 77.9 Å². The van der Waals surface area contributed by atoms with E-state index in [2.05, 4.69) is 70.0 Å². The van der Waals surface area contributed by atoms with Crippen LogP contribution in [0.1, 0.15) is 105 Å². The number of hydrogen-bond acceptors (Lipinski definition) is 6. The van der Waals surface area contributed by atoms with Crippen molar-refractivity contribution in [3.63, 3.8) is 0 Å². The van der Waals surface area contributed by atoms with Gasteiger partial charge < -0.3 is 24.1 Å². The van der Waals surface area contributed by atoms with Gasteiger partial charge in [0.25, 0.3) is 0 Å². The summed E-state index contributed by atoms with van der Waals surface area (Å²) < 4.78 is 20.6. The first kappa shape index (κ1) is 33.8. The zero-order chi connectivity index (χ0) is 30.6. The number of carbonyl (C=O) groups excluding carboxylic acids is 1. The second-order valence-electron chi connectivity index (χ2n) is 15.2. The van der Waals surface area contributed by atoms with Gasteiger partial charge in [0.05, 0.1) is 11.8 Å². The Kier molecular flexibility index (Phi) is 11.0. The zero-order valence-corrected chi connectivity index (χ0v) is 28.9. The van der Waals surface area contributed by atoms with Crippen molar-refractivity contribution in [2.75, 3.05) is 33.3 Å². The van der Waals surface area contributed by atoms with Gasteiger partial charge in [-0.15, -0.1) is 0 Å². The molecular weight excluding hydrogens is 532 g/mol. The number of aromatic nitrogens is 2. The Labute approximate surface area is 250 Å². The van der Waals surface area contributed by atoms with Crippen LogP contribution in [0.5, 0.6) is 0 Å². The van der Waals surface area contributed by atoms with E-state index in [4.69, 9.17) is 19.0 Å². The molecule has 1 amide bonds. The lowest BCUT2D eigenvalue weighted by atomic mass is 9.75. The highest BCUT2D eigenvalue weighted by Crippen LogP contribution is 2.45. The van der Waals surface area contributed by atoms with Crippen LogP contribution in [-0.2, 0) is 20.3 Å². The van der Waals surface area contributed by atoms with Crippen molar-refractivity contribution < 1.29 is 18.7 Å². The Morgan fingerprint density at radius 2 is 1.90 bits per heavy atom. The van der Waals surface area contributed by atoms with Crippen LogP contribution < -0.4 is 5.32 Å². The highest BCUT2D eigenvalue weighted by atomic mass is 28.4. The molecule has 8 nitrogen and oxygen atoms in total. The van der Waals surface area contributed by atoms with Crippen molar-refractivity contribution in [2.45, 2.75) is 130 Å². The van der Waals surface area contributed by atoms with Gasteiger partial charge in [-0.3, -0.25) is 0 Å². The fourth-order valence-corrected chi connectivity index (χ4v) is 6.34. The van der Waals surface area contributed by atoms with Gasteiger partial charge >= 0.3 is 6.09 Å². The Morgan fingerprint density at radius 1 is 1.20 bits per heavy atom. The third-order valence-electron chi connectivity index (χ3n) is 8.85. The standard InChI is InChI=1S/C32H58N4O4Si/c1-30(2,3)39-29(37)35(9)20-19-33-18-16-25-23-36(27-14-12-13-21-38-27)34-28(25)24-15-17-32(7,8)26(22-24)40-41(10,11)31(4,5)6/h22-23,26-27,33H,12-21H2,1-11H3/t26-,27?/m1/s1. The van der Waals surface area contributed by atoms with E-state index < -0.39 is 13.9 Å². The Hall–Kier alpha value is -1.68. The smallest absolute Gasteiger partial charge is 0.410 e. The maximum absolute atomic E-state index is 12.3. The molecule has 0 spiro atoms. The Balaban J connectivity index is 1.75. The number of nitrogens with zero attached hydrogens (tertiary/aromatic N) is 3. The van der Waals surface area contributed by atoms with E-state index >= 15 is 0 Å². The zero-order valence-electron chi connectivity index (χ0n) is 27.9. The summed E-state index contributed by atoms with van der Waals surface area (Å²) in [5, 5.41) is 8.82. The van der Waals surface area contributed by atoms with Crippen LogP contribution in [0.3, 0.4) is 0 Å². The summed E-state index contributed by atoms with van der Waals surface area (Å²) in [5.74, 6) is 0. The molecule has 234 valence electrons. The fraction of sp³-hybridized carbons (Fsp3) is 0.812. The normalized spacial score (nSPS) is 21.9. The molecular formula is C32H58N4O4Si. The first-order valence-electron chi connectivity index (χ1n) is 15.6. The second-order valence-corrected chi connectivity index (χ2v) is 19.9. The second kappa shape index (κ2) is 13.3. The van der Waals surface area contributed by atoms with Gasteiger partial charge in [0.2, 0.25) is 0 Å². The number of ether oxygens (including phenoxy) is 2. The van der Waals surface area contributed by atoms with Crippen LogP contribution in [0.2, 0.25) is 18.1 Å². The largest absolute Gasteiger partial charge is 0.444 e. The van der Waals surface area contributed by atoms with Crippen molar-refractivity contribution in [2.24, 2.45) is 5.41 Å². The molecule has 0 bridgehead atoms. The average Bonchev–Trinajstić information content (AvgIpc) is 3.28. The average molecular weight is 591 g/mol. The van der Waals surface area contributed by atoms with Gasteiger partial charge in [-0.1, -0.05) is 40.7 Å². The molecule has 2 aliphatic rings. The highest BCUT2D eigenvalue weighted by molar-refractivity contribution is 6.74. The van der Waals surface area contributed by atoms with Crippen LogP contribution in [0.15, 0.2) is 12.3 Å². The number of allylic oxidation sites excluding steroid dienone is 1. The Morgan fingerprint density at radius 3 is 2.51 bits per heavy atom. The third-order valence-corrected chi connectivity index (χ3v) is 13.3. The molecule has 1 aliphatic heterocycles. The number of likely N-dealkylation sites (N-methyl/N-ethyl adjacent to an activating group) is 1. The summed E-state index contributed by atoms with van der Waals surface area (Å²) in [5.41, 5.74) is 3.21. The lowest BCUT2D eigenvalue weighted by Crippen LogP contribution is -2.48. The van der Waals surface area contributed by atoms with Crippen LogP contribution in [0.25, 0.3) is 5.57 Å². The van der Waals surface area contributed by atoms with Crippen LogP contribution in [-0.4, -0.2) is 74.1 Å². The molecule has 41 heavy (non-hydrogen) atoms. The van der Waals surface area contributed by atoms with E-state index in [-0.39, 0.29) is 28.9 Å². The molecule has 1 aromatic rings. The van der Waals surface area contributed by atoms with E-state index in [0.717, 1.165) is 50.9 Å². The third kappa shape index (κ3) is 9.40. The molecule has 0 aromatic carbocycles. The van der Waals surface area contributed by atoms with Crippen molar-refractivity contribution in [3.05, 3.63) is 23.5 Å².